The summed E-state index contributed by atoms with van der Waals surface area (Å²) in [5.41, 5.74) is -1.23. The molecule has 2 N–H and O–H groups in total. The van der Waals surface area contributed by atoms with Gasteiger partial charge in [-0.25, -0.2) is 8.78 Å². The molecule has 0 saturated heterocycles. The summed E-state index contributed by atoms with van der Waals surface area (Å²) in [7, 11) is 1.11. The number of nitrogens with zero attached hydrogens (tertiary/aromatic N) is 1. The zero-order valence-electron chi connectivity index (χ0n) is 16.2. The predicted octanol–water partition coefficient (Wildman–Crippen LogP) is 4.10. The van der Waals surface area contributed by atoms with Crippen LogP contribution in [0.15, 0.2) is 4.99 Å². The second-order valence-electron chi connectivity index (χ2n) is 8.75. The lowest BCUT2D eigenvalue weighted by Crippen LogP contribution is -2.51. The summed E-state index contributed by atoms with van der Waals surface area (Å²) < 4.78 is 39.9. The van der Waals surface area contributed by atoms with Gasteiger partial charge in [-0.3, -0.25) is 9.79 Å². The molecule has 0 aromatic rings. The number of aliphatic imine (C=N–C) groups is 1. The molecule has 3 fully saturated rings. The third kappa shape index (κ3) is 3.54. The van der Waals surface area contributed by atoms with E-state index < -0.39 is 29.9 Å². The molecule has 3 saturated carbocycles. The Balaban J connectivity index is 1.78. The van der Waals surface area contributed by atoms with Gasteiger partial charge in [-0.2, -0.15) is 4.39 Å². The standard InChI is InChI=1S/C20H30F3N3O/c1-9(2)14-11-7-8-12(14)15-10(11)5-4-6-13(15)26-20(27)16(19(23)25-3)17(24)18(21)22/h9-16,18,24H,4-8H2,1-3H3,(H,26,27). The van der Waals surface area contributed by atoms with E-state index in [1.165, 1.54) is 6.42 Å². The summed E-state index contributed by atoms with van der Waals surface area (Å²) in [6, 6.07) is -0.120. The van der Waals surface area contributed by atoms with E-state index in [1.807, 2.05) is 0 Å². The van der Waals surface area contributed by atoms with Gasteiger partial charge in [0.1, 0.15) is 0 Å². The molecule has 0 spiro atoms. The van der Waals surface area contributed by atoms with Crippen LogP contribution in [0.25, 0.3) is 0 Å². The fourth-order valence-corrected chi connectivity index (χ4v) is 6.46. The third-order valence-electron chi connectivity index (χ3n) is 7.24. The molecule has 4 nitrogen and oxygen atoms in total. The van der Waals surface area contributed by atoms with E-state index in [0.29, 0.717) is 35.5 Å². The minimum atomic E-state index is -3.18. The highest BCUT2D eigenvalue weighted by atomic mass is 19.3. The van der Waals surface area contributed by atoms with E-state index in [0.717, 1.165) is 32.7 Å². The van der Waals surface area contributed by atoms with Crippen molar-refractivity contribution in [2.75, 3.05) is 7.05 Å². The van der Waals surface area contributed by atoms with Crippen molar-refractivity contribution in [2.45, 2.75) is 58.4 Å². The number of alkyl halides is 2. The zero-order chi connectivity index (χ0) is 19.9. The maximum atomic E-state index is 14.0. The Morgan fingerprint density at radius 2 is 1.78 bits per heavy atom. The van der Waals surface area contributed by atoms with Crippen LogP contribution in [0.4, 0.5) is 13.2 Å². The van der Waals surface area contributed by atoms with Gasteiger partial charge in [-0.05, 0) is 61.2 Å². The van der Waals surface area contributed by atoms with Crippen LogP contribution in [0.1, 0.15) is 46.0 Å². The minimum Gasteiger partial charge on any atom is -0.352 e. The van der Waals surface area contributed by atoms with Gasteiger partial charge in [0.15, 0.2) is 5.92 Å². The molecule has 2 bridgehead atoms. The van der Waals surface area contributed by atoms with Crippen molar-refractivity contribution < 1.29 is 18.0 Å². The average molecular weight is 385 g/mol. The zero-order valence-corrected chi connectivity index (χ0v) is 16.2. The van der Waals surface area contributed by atoms with E-state index in [2.05, 4.69) is 24.2 Å². The quantitative estimate of drug-likeness (QED) is 0.664. The van der Waals surface area contributed by atoms with Crippen molar-refractivity contribution in [2.24, 2.45) is 46.4 Å². The van der Waals surface area contributed by atoms with Crippen LogP contribution in [0.2, 0.25) is 0 Å². The largest absolute Gasteiger partial charge is 0.352 e. The van der Waals surface area contributed by atoms with E-state index in [9.17, 15) is 18.0 Å². The summed E-state index contributed by atoms with van der Waals surface area (Å²) in [5, 5.41) is 10.3. The Bertz CT molecular complexity index is 622. The number of rotatable bonds is 6. The Morgan fingerprint density at radius 1 is 1.11 bits per heavy atom. The smallest absolute Gasteiger partial charge is 0.277 e. The van der Waals surface area contributed by atoms with Gasteiger partial charge in [-0.1, -0.05) is 20.3 Å². The van der Waals surface area contributed by atoms with Gasteiger partial charge in [-0.15, -0.1) is 0 Å². The maximum Gasteiger partial charge on any atom is 0.277 e. The first-order valence-corrected chi connectivity index (χ1v) is 10.1. The van der Waals surface area contributed by atoms with Crippen molar-refractivity contribution in [3.05, 3.63) is 0 Å². The monoisotopic (exact) mass is 385 g/mol. The minimum absolute atomic E-state index is 0.120. The van der Waals surface area contributed by atoms with Crippen molar-refractivity contribution in [3.8, 4) is 0 Å². The fourth-order valence-electron chi connectivity index (χ4n) is 6.46. The van der Waals surface area contributed by atoms with Crippen molar-refractivity contribution in [1.29, 1.82) is 5.41 Å². The maximum absolute atomic E-state index is 14.0. The van der Waals surface area contributed by atoms with Crippen molar-refractivity contribution in [3.63, 3.8) is 0 Å². The second kappa shape index (κ2) is 7.92. The van der Waals surface area contributed by atoms with Crippen molar-refractivity contribution in [1.82, 2.24) is 5.32 Å². The second-order valence-corrected chi connectivity index (χ2v) is 8.75. The molecule has 7 unspecified atom stereocenters. The number of fused-ring (bicyclic) bond motifs is 5. The van der Waals surface area contributed by atoms with Gasteiger partial charge in [0, 0.05) is 13.1 Å². The summed E-state index contributed by atoms with van der Waals surface area (Å²) in [6.07, 6.45) is 2.15. The van der Waals surface area contributed by atoms with Crippen LogP contribution >= 0.6 is 0 Å². The van der Waals surface area contributed by atoms with E-state index in [1.54, 1.807) is 0 Å². The third-order valence-corrected chi connectivity index (χ3v) is 7.24. The molecule has 27 heavy (non-hydrogen) atoms. The normalized spacial score (nSPS) is 36.8. The molecule has 1 amide bonds. The molecule has 0 aromatic heterocycles. The number of carbonyl (C=O) groups excluding carboxylic acids is 1. The van der Waals surface area contributed by atoms with Crippen LogP contribution < -0.4 is 5.32 Å². The molecule has 152 valence electrons. The fraction of sp³-hybridized carbons (Fsp3) is 0.850. The summed E-state index contributed by atoms with van der Waals surface area (Å²) in [5.74, 6) is -0.613. The van der Waals surface area contributed by atoms with Crippen molar-refractivity contribution >= 4 is 17.6 Å². The lowest BCUT2D eigenvalue weighted by molar-refractivity contribution is -0.123. The SMILES string of the molecule is CN=C(F)C(C(=N)C(F)F)C(=O)NC1CCCC2C3CCC(C3C(C)C)C12. The Hall–Kier alpha value is -1.40. The number of halogens is 3. The molecular weight excluding hydrogens is 355 g/mol. The highest BCUT2D eigenvalue weighted by molar-refractivity contribution is 6.19. The summed E-state index contributed by atoms with van der Waals surface area (Å²) >= 11 is 0. The number of hydrogen-bond acceptors (Lipinski definition) is 3. The molecule has 3 rings (SSSR count). The topological polar surface area (TPSA) is 65.3 Å². The van der Waals surface area contributed by atoms with E-state index in [4.69, 9.17) is 5.41 Å². The first-order chi connectivity index (χ1) is 12.8. The lowest BCUT2D eigenvalue weighted by Gasteiger charge is -2.41. The first-order valence-electron chi connectivity index (χ1n) is 10.1. The average Bonchev–Trinajstić information content (AvgIpc) is 3.19. The Labute approximate surface area is 158 Å². The molecule has 7 atom stereocenters. The van der Waals surface area contributed by atoms with Crippen LogP contribution in [-0.2, 0) is 4.79 Å². The molecule has 7 heteroatoms. The van der Waals surface area contributed by atoms with Gasteiger partial charge in [0.05, 0.1) is 5.71 Å². The number of carbonyl (C=O) groups is 1. The van der Waals surface area contributed by atoms with Crippen LogP contribution in [-0.4, -0.2) is 37.1 Å². The van der Waals surface area contributed by atoms with Gasteiger partial charge in [0.2, 0.25) is 11.9 Å². The van der Waals surface area contributed by atoms with Gasteiger partial charge < -0.3 is 10.7 Å². The Kier molecular flexibility index (Phi) is 5.96. The van der Waals surface area contributed by atoms with Crippen LogP contribution in [0.5, 0.6) is 0 Å². The number of amides is 1. The lowest BCUT2D eigenvalue weighted by atomic mass is 9.68. The summed E-state index contributed by atoms with van der Waals surface area (Å²) in [4.78, 5) is 15.9. The molecular formula is C20H30F3N3O. The van der Waals surface area contributed by atoms with E-state index in [-0.39, 0.29) is 6.04 Å². The van der Waals surface area contributed by atoms with Crippen LogP contribution in [0, 0.1) is 46.8 Å². The van der Waals surface area contributed by atoms with E-state index >= 15 is 0 Å². The summed E-state index contributed by atoms with van der Waals surface area (Å²) in [6.45, 7) is 4.52. The molecule has 0 aromatic carbocycles. The van der Waals surface area contributed by atoms with Gasteiger partial charge >= 0.3 is 0 Å². The van der Waals surface area contributed by atoms with Crippen LogP contribution in [0.3, 0.4) is 0 Å². The van der Waals surface area contributed by atoms with Gasteiger partial charge in [0.25, 0.3) is 6.43 Å². The number of hydrogen-bond donors (Lipinski definition) is 2. The molecule has 3 aliphatic rings. The highest BCUT2D eigenvalue weighted by Crippen LogP contribution is 2.62. The molecule has 3 aliphatic carbocycles. The number of nitrogens with one attached hydrogen (secondary N) is 2. The molecule has 0 radical (unpaired) electrons. The molecule has 0 aliphatic heterocycles. The first kappa shape index (κ1) is 20.3. The Morgan fingerprint density at radius 3 is 2.37 bits per heavy atom. The highest BCUT2D eigenvalue weighted by Gasteiger charge is 2.58. The molecule has 0 heterocycles. The predicted molar refractivity (Wildman–Crippen MR) is 99.0 cm³/mol.